The van der Waals surface area contributed by atoms with Crippen LogP contribution >= 0.6 is 12.4 Å². The summed E-state index contributed by atoms with van der Waals surface area (Å²) < 4.78 is 11.8. The monoisotopic (exact) mass is 153 g/mol. The maximum absolute atomic E-state index is 11.8. The molecule has 0 aromatic heterocycles. The standard InChI is InChI=1S/C6H12FN.ClH/c7-6-8-4-2-1-3-5-8;/h1-6H2;1H. The van der Waals surface area contributed by atoms with Crippen molar-refractivity contribution >= 4 is 12.4 Å². The number of likely N-dealkylation sites (tertiary alicyclic amines) is 1. The highest BCUT2D eigenvalue weighted by molar-refractivity contribution is 5.85. The van der Waals surface area contributed by atoms with E-state index in [4.69, 9.17) is 0 Å². The number of nitrogens with zero attached hydrogens (tertiary/aromatic N) is 1. The van der Waals surface area contributed by atoms with Gasteiger partial charge in [0.15, 0.2) is 0 Å². The van der Waals surface area contributed by atoms with Crippen LogP contribution in [0.1, 0.15) is 19.3 Å². The van der Waals surface area contributed by atoms with Gasteiger partial charge in [0.1, 0.15) is 6.80 Å². The number of piperidine rings is 1. The lowest BCUT2D eigenvalue weighted by Crippen LogP contribution is -2.28. The third-order valence-corrected chi connectivity index (χ3v) is 1.62. The zero-order chi connectivity index (χ0) is 5.82. The maximum atomic E-state index is 11.8. The van der Waals surface area contributed by atoms with E-state index in [1.54, 1.807) is 0 Å². The van der Waals surface area contributed by atoms with Gasteiger partial charge in [-0.1, -0.05) is 6.42 Å². The number of alkyl halides is 1. The zero-order valence-electron chi connectivity index (χ0n) is 5.48. The van der Waals surface area contributed by atoms with Gasteiger partial charge in [0.2, 0.25) is 0 Å². The molecule has 0 unspecified atom stereocenters. The molecular weight excluding hydrogens is 141 g/mol. The largest absolute Gasteiger partial charge is 0.277 e. The fourth-order valence-corrected chi connectivity index (χ4v) is 1.08. The zero-order valence-corrected chi connectivity index (χ0v) is 6.29. The van der Waals surface area contributed by atoms with Crippen LogP contribution in [-0.2, 0) is 0 Å². The molecule has 56 valence electrons. The molecule has 1 nitrogen and oxygen atoms in total. The van der Waals surface area contributed by atoms with Crippen LogP contribution in [-0.4, -0.2) is 24.8 Å². The predicted molar refractivity (Wildman–Crippen MR) is 38.6 cm³/mol. The minimum Gasteiger partial charge on any atom is -0.277 e. The Balaban J connectivity index is 0.000000640. The van der Waals surface area contributed by atoms with E-state index in [9.17, 15) is 4.39 Å². The molecule has 1 rings (SSSR count). The molecule has 3 heteroatoms. The average molecular weight is 154 g/mol. The Morgan fingerprint density at radius 2 is 1.67 bits per heavy atom. The third-order valence-electron chi connectivity index (χ3n) is 1.62. The van der Waals surface area contributed by atoms with Gasteiger partial charge in [-0.05, 0) is 12.8 Å². The van der Waals surface area contributed by atoms with Crippen LogP contribution in [0.5, 0.6) is 0 Å². The Bertz CT molecular complexity index is 64.1. The van der Waals surface area contributed by atoms with Gasteiger partial charge in [0.25, 0.3) is 0 Å². The number of hydrogen-bond acceptors (Lipinski definition) is 1. The van der Waals surface area contributed by atoms with Gasteiger partial charge in [-0.25, -0.2) is 4.39 Å². The summed E-state index contributed by atoms with van der Waals surface area (Å²) in [6.45, 7) is 1.69. The van der Waals surface area contributed by atoms with Gasteiger partial charge in [0, 0.05) is 13.1 Å². The van der Waals surface area contributed by atoms with Crippen molar-refractivity contribution < 1.29 is 4.39 Å². The van der Waals surface area contributed by atoms with Crippen molar-refractivity contribution in [1.82, 2.24) is 4.90 Å². The quantitative estimate of drug-likeness (QED) is 0.520. The second kappa shape index (κ2) is 5.00. The van der Waals surface area contributed by atoms with Crippen molar-refractivity contribution in [2.24, 2.45) is 0 Å². The lowest BCUT2D eigenvalue weighted by molar-refractivity contribution is 0.157. The molecule has 0 aromatic rings. The fourth-order valence-electron chi connectivity index (χ4n) is 1.08. The van der Waals surface area contributed by atoms with E-state index in [2.05, 4.69) is 0 Å². The summed E-state index contributed by atoms with van der Waals surface area (Å²) in [6.07, 6.45) is 3.66. The fraction of sp³-hybridized carbons (Fsp3) is 1.00. The molecule has 1 heterocycles. The second-order valence-corrected chi connectivity index (χ2v) is 2.30. The Hall–Kier alpha value is 0.180. The number of hydrogen-bond donors (Lipinski definition) is 0. The SMILES string of the molecule is Cl.FCN1CCCCC1. The summed E-state index contributed by atoms with van der Waals surface area (Å²) >= 11 is 0. The molecule has 0 atom stereocenters. The van der Waals surface area contributed by atoms with Crippen LogP contribution in [0.4, 0.5) is 4.39 Å². The molecule has 1 aliphatic heterocycles. The first-order valence-corrected chi connectivity index (χ1v) is 3.22. The molecule has 0 spiro atoms. The lowest BCUT2D eigenvalue weighted by atomic mass is 10.1. The van der Waals surface area contributed by atoms with Crippen LogP contribution in [0.2, 0.25) is 0 Å². The first-order chi connectivity index (χ1) is 3.93. The first-order valence-electron chi connectivity index (χ1n) is 3.22. The normalized spacial score (nSPS) is 21.0. The van der Waals surface area contributed by atoms with Gasteiger partial charge >= 0.3 is 0 Å². The Morgan fingerprint density at radius 3 is 2.00 bits per heavy atom. The minimum absolute atomic E-state index is 0. The number of halogens is 2. The summed E-state index contributed by atoms with van der Waals surface area (Å²) in [5, 5.41) is 0. The molecule has 1 fully saturated rings. The van der Waals surface area contributed by atoms with Crippen molar-refractivity contribution in [3.63, 3.8) is 0 Å². The van der Waals surface area contributed by atoms with Crippen LogP contribution in [0.25, 0.3) is 0 Å². The molecule has 1 saturated heterocycles. The van der Waals surface area contributed by atoms with Gasteiger partial charge in [-0.2, -0.15) is 0 Å². The van der Waals surface area contributed by atoms with Gasteiger partial charge in [-0.15, -0.1) is 12.4 Å². The van der Waals surface area contributed by atoms with Crippen molar-refractivity contribution in [2.75, 3.05) is 19.9 Å². The van der Waals surface area contributed by atoms with E-state index in [0.29, 0.717) is 0 Å². The summed E-state index contributed by atoms with van der Waals surface area (Å²) in [4.78, 5) is 1.85. The topological polar surface area (TPSA) is 3.24 Å². The molecule has 0 N–H and O–H groups in total. The molecule has 0 radical (unpaired) electrons. The summed E-state index contributed by atoms with van der Waals surface area (Å²) in [5.41, 5.74) is 0. The first kappa shape index (κ1) is 9.18. The maximum Gasteiger partial charge on any atom is 0.143 e. The van der Waals surface area contributed by atoms with Crippen LogP contribution < -0.4 is 0 Å². The molecule has 9 heavy (non-hydrogen) atoms. The van der Waals surface area contributed by atoms with Gasteiger partial charge in [-0.3, -0.25) is 4.90 Å². The molecule has 0 aromatic carbocycles. The van der Waals surface area contributed by atoms with E-state index in [1.165, 1.54) is 19.3 Å². The Morgan fingerprint density at radius 1 is 1.11 bits per heavy atom. The van der Waals surface area contributed by atoms with E-state index in [1.807, 2.05) is 4.90 Å². The second-order valence-electron chi connectivity index (χ2n) is 2.30. The van der Waals surface area contributed by atoms with E-state index >= 15 is 0 Å². The van der Waals surface area contributed by atoms with Crippen LogP contribution in [0.3, 0.4) is 0 Å². The smallest absolute Gasteiger partial charge is 0.143 e. The Kier molecular flexibility index (Phi) is 5.10. The average Bonchev–Trinajstić information content (AvgIpc) is 1.90. The van der Waals surface area contributed by atoms with E-state index < -0.39 is 0 Å². The lowest BCUT2D eigenvalue weighted by Gasteiger charge is -2.22. The number of rotatable bonds is 1. The van der Waals surface area contributed by atoms with E-state index in [-0.39, 0.29) is 19.2 Å². The van der Waals surface area contributed by atoms with Gasteiger partial charge < -0.3 is 0 Å². The summed E-state index contributed by atoms with van der Waals surface area (Å²) in [6, 6.07) is 0. The highest BCUT2D eigenvalue weighted by atomic mass is 35.5. The van der Waals surface area contributed by atoms with Crippen LogP contribution in [0.15, 0.2) is 0 Å². The third kappa shape index (κ3) is 3.01. The highest BCUT2D eigenvalue weighted by Gasteiger charge is 2.07. The highest BCUT2D eigenvalue weighted by Crippen LogP contribution is 2.07. The van der Waals surface area contributed by atoms with Crippen molar-refractivity contribution in [3.05, 3.63) is 0 Å². The van der Waals surface area contributed by atoms with Crippen LogP contribution in [0, 0.1) is 0 Å². The van der Waals surface area contributed by atoms with E-state index in [0.717, 1.165) is 13.1 Å². The molecule has 0 bridgehead atoms. The van der Waals surface area contributed by atoms with Gasteiger partial charge in [0.05, 0.1) is 0 Å². The molecule has 1 aliphatic rings. The summed E-state index contributed by atoms with van der Waals surface area (Å²) in [5.74, 6) is 0. The molecule has 0 aliphatic carbocycles. The summed E-state index contributed by atoms with van der Waals surface area (Å²) in [7, 11) is 0. The Labute approximate surface area is 61.6 Å². The molecular formula is C6H13ClFN. The van der Waals surface area contributed by atoms with Crippen molar-refractivity contribution in [2.45, 2.75) is 19.3 Å². The molecule has 0 saturated carbocycles. The molecule has 0 amide bonds. The van der Waals surface area contributed by atoms with Crippen molar-refractivity contribution in [3.8, 4) is 0 Å². The van der Waals surface area contributed by atoms with Crippen molar-refractivity contribution in [1.29, 1.82) is 0 Å². The predicted octanol–water partition coefficient (Wildman–Crippen LogP) is 1.82. The minimum atomic E-state index is -0.250.